The molecule has 0 saturated carbocycles. The molecule has 1 atom stereocenters. The van der Waals surface area contributed by atoms with Crippen LogP contribution in [0.5, 0.6) is 5.75 Å². The number of hydrogen-bond acceptors (Lipinski definition) is 4. The number of carbonyl (C=O) groups excluding carboxylic acids is 1. The van der Waals surface area contributed by atoms with Crippen LogP contribution in [0.15, 0.2) is 78.9 Å². The van der Waals surface area contributed by atoms with E-state index in [-0.39, 0.29) is 5.91 Å². The highest BCUT2D eigenvalue weighted by Crippen LogP contribution is 2.45. The largest absolute Gasteiger partial charge is 0.455 e. The van der Waals surface area contributed by atoms with Crippen molar-refractivity contribution in [2.24, 2.45) is 0 Å². The van der Waals surface area contributed by atoms with Crippen molar-refractivity contribution in [3.05, 3.63) is 90.0 Å². The maximum Gasteiger partial charge on any atom is 0.294 e. The minimum Gasteiger partial charge on any atom is -0.455 e. The molecule has 0 aromatic heterocycles. The number of anilines is 2. The third-order valence-electron chi connectivity index (χ3n) is 4.83. The van der Waals surface area contributed by atoms with E-state index < -0.39 is 5.72 Å². The average Bonchev–Trinajstić information content (AvgIpc) is 2.92. The summed E-state index contributed by atoms with van der Waals surface area (Å²) in [7, 11) is 0. The highest BCUT2D eigenvalue weighted by molar-refractivity contribution is 6.07. The molecule has 2 aliphatic rings. The molecule has 2 heterocycles. The molecular weight excluding hydrogens is 326 g/mol. The molecule has 0 fully saturated rings. The Morgan fingerprint density at radius 2 is 1.62 bits per heavy atom. The first-order chi connectivity index (χ1) is 12.8. The van der Waals surface area contributed by atoms with Crippen molar-refractivity contribution in [1.29, 1.82) is 0 Å². The van der Waals surface area contributed by atoms with Crippen LogP contribution in [0.3, 0.4) is 0 Å². The van der Waals surface area contributed by atoms with E-state index in [0.717, 1.165) is 22.5 Å². The zero-order valence-corrected chi connectivity index (χ0v) is 14.0. The van der Waals surface area contributed by atoms with Gasteiger partial charge in [-0.3, -0.25) is 4.79 Å². The maximum atomic E-state index is 13.5. The van der Waals surface area contributed by atoms with E-state index in [1.807, 2.05) is 78.9 Å². The lowest BCUT2D eigenvalue weighted by atomic mass is 10.0. The van der Waals surface area contributed by atoms with Gasteiger partial charge < -0.3 is 15.1 Å². The van der Waals surface area contributed by atoms with E-state index in [4.69, 9.17) is 4.74 Å². The fraction of sp³-hybridized carbons (Fsp3) is 0.0952. The molecule has 5 heteroatoms. The minimum atomic E-state index is -1.26. The summed E-state index contributed by atoms with van der Waals surface area (Å²) in [5.41, 5.74) is 8.51. The van der Waals surface area contributed by atoms with Gasteiger partial charge in [0.15, 0.2) is 0 Å². The fourth-order valence-corrected chi connectivity index (χ4v) is 3.57. The number of fused-ring (bicyclic) bond motifs is 3. The van der Waals surface area contributed by atoms with Crippen LogP contribution in [-0.4, -0.2) is 5.91 Å². The first kappa shape index (κ1) is 15.0. The highest BCUT2D eigenvalue weighted by Gasteiger charge is 2.55. The lowest BCUT2D eigenvalue weighted by Gasteiger charge is -2.36. The first-order valence-corrected chi connectivity index (χ1v) is 8.54. The van der Waals surface area contributed by atoms with E-state index >= 15 is 0 Å². The number of benzene rings is 3. The SMILES string of the molecule is O=C1N(Cc2ccccc2)c2ccccc2[C@@]12NNc1ccccc1O2. The van der Waals surface area contributed by atoms with E-state index in [1.165, 1.54) is 0 Å². The summed E-state index contributed by atoms with van der Waals surface area (Å²) in [6.45, 7) is 0.491. The number of carbonyl (C=O) groups is 1. The fourth-order valence-electron chi connectivity index (χ4n) is 3.57. The normalized spacial score (nSPS) is 20.3. The average molecular weight is 343 g/mol. The van der Waals surface area contributed by atoms with Gasteiger partial charge in [-0.05, 0) is 23.8 Å². The number of nitrogens with zero attached hydrogens (tertiary/aromatic N) is 1. The van der Waals surface area contributed by atoms with Gasteiger partial charge in [0.25, 0.3) is 11.6 Å². The molecule has 3 aromatic rings. The number of amides is 1. The molecule has 3 aromatic carbocycles. The number of ether oxygens (including phenoxy) is 1. The molecule has 2 N–H and O–H groups in total. The molecule has 26 heavy (non-hydrogen) atoms. The molecule has 0 radical (unpaired) electrons. The van der Waals surface area contributed by atoms with Gasteiger partial charge in [0.05, 0.1) is 17.9 Å². The Balaban J connectivity index is 1.59. The standard InChI is InChI=1S/C21H17N3O2/c25-20-21(23-22-17-11-5-7-13-19(17)26-21)16-10-4-6-12-18(16)24(20)14-15-8-2-1-3-9-15/h1-13,22-23H,14H2/t21-/m0/s1. The van der Waals surface area contributed by atoms with Crippen LogP contribution in [0.4, 0.5) is 11.4 Å². The lowest BCUT2D eigenvalue weighted by Crippen LogP contribution is -2.58. The monoisotopic (exact) mass is 343 g/mol. The number of nitrogens with one attached hydrogen (secondary N) is 2. The Bertz CT molecular complexity index is 989. The molecule has 1 spiro atoms. The third-order valence-corrected chi connectivity index (χ3v) is 4.83. The Kier molecular flexibility index (Phi) is 3.23. The van der Waals surface area contributed by atoms with Crippen LogP contribution in [0.25, 0.3) is 0 Å². The molecule has 1 amide bonds. The van der Waals surface area contributed by atoms with Gasteiger partial charge in [0.2, 0.25) is 0 Å². The molecule has 0 aliphatic carbocycles. The minimum absolute atomic E-state index is 0.135. The Hall–Kier alpha value is -3.31. The summed E-state index contributed by atoms with van der Waals surface area (Å²) in [5.74, 6) is 0.514. The van der Waals surface area contributed by atoms with Gasteiger partial charge in [-0.15, -0.1) is 0 Å². The van der Waals surface area contributed by atoms with Crippen molar-refractivity contribution in [2.45, 2.75) is 12.3 Å². The Labute approximate surface area is 151 Å². The molecule has 0 bridgehead atoms. The number of hydrogen-bond donors (Lipinski definition) is 2. The van der Waals surface area contributed by atoms with Crippen LogP contribution >= 0.6 is 0 Å². The van der Waals surface area contributed by atoms with Gasteiger partial charge in [-0.1, -0.05) is 60.7 Å². The summed E-state index contributed by atoms with van der Waals surface area (Å²) in [5, 5.41) is 0. The molecule has 5 nitrogen and oxygen atoms in total. The van der Waals surface area contributed by atoms with Crippen molar-refractivity contribution < 1.29 is 9.53 Å². The smallest absolute Gasteiger partial charge is 0.294 e. The van der Waals surface area contributed by atoms with Gasteiger partial charge in [-0.2, -0.15) is 5.43 Å². The summed E-state index contributed by atoms with van der Waals surface area (Å²) >= 11 is 0. The second kappa shape index (κ2) is 5.61. The predicted octanol–water partition coefficient (Wildman–Crippen LogP) is 3.40. The summed E-state index contributed by atoms with van der Waals surface area (Å²) in [6.07, 6.45) is 0. The maximum absolute atomic E-state index is 13.5. The Morgan fingerprint density at radius 3 is 2.50 bits per heavy atom. The van der Waals surface area contributed by atoms with Gasteiger partial charge >= 0.3 is 0 Å². The second-order valence-corrected chi connectivity index (χ2v) is 6.42. The topological polar surface area (TPSA) is 53.6 Å². The second-order valence-electron chi connectivity index (χ2n) is 6.42. The third kappa shape index (κ3) is 2.11. The molecule has 0 unspecified atom stereocenters. The van der Waals surface area contributed by atoms with Crippen LogP contribution in [0.2, 0.25) is 0 Å². The van der Waals surface area contributed by atoms with Crippen LogP contribution in [-0.2, 0) is 17.1 Å². The van der Waals surface area contributed by atoms with Crippen molar-refractivity contribution in [3.63, 3.8) is 0 Å². The quantitative estimate of drug-likeness (QED) is 0.749. The van der Waals surface area contributed by atoms with Crippen LogP contribution < -0.4 is 20.5 Å². The zero-order chi connectivity index (χ0) is 17.6. The van der Waals surface area contributed by atoms with Crippen molar-refractivity contribution >= 4 is 17.3 Å². The molecule has 5 rings (SSSR count). The lowest BCUT2D eigenvalue weighted by molar-refractivity contribution is -0.136. The zero-order valence-electron chi connectivity index (χ0n) is 14.0. The van der Waals surface area contributed by atoms with Gasteiger partial charge in [0.1, 0.15) is 5.75 Å². The summed E-state index contributed by atoms with van der Waals surface area (Å²) < 4.78 is 6.22. The first-order valence-electron chi connectivity index (χ1n) is 8.54. The van der Waals surface area contributed by atoms with Crippen molar-refractivity contribution in [3.8, 4) is 5.75 Å². The molecule has 2 aliphatic heterocycles. The van der Waals surface area contributed by atoms with Crippen LogP contribution in [0, 0.1) is 0 Å². The van der Waals surface area contributed by atoms with Crippen molar-refractivity contribution in [1.82, 2.24) is 5.43 Å². The predicted molar refractivity (Wildman–Crippen MR) is 99.6 cm³/mol. The molecule has 128 valence electrons. The number of para-hydroxylation sites is 3. The summed E-state index contributed by atoms with van der Waals surface area (Å²) in [4.78, 5) is 15.2. The molecular formula is C21H17N3O2. The highest BCUT2D eigenvalue weighted by atomic mass is 16.5. The van der Waals surface area contributed by atoms with E-state index in [2.05, 4.69) is 10.9 Å². The van der Waals surface area contributed by atoms with Gasteiger partial charge in [-0.25, -0.2) is 0 Å². The van der Waals surface area contributed by atoms with E-state index in [0.29, 0.717) is 12.3 Å². The van der Waals surface area contributed by atoms with Gasteiger partial charge in [0, 0.05) is 5.56 Å². The number of rotatable bonds is 2. The number of hydrazine groups is 1. The van der Waals surface area contributed by atoms with E-state index in [1.54, 1.807) is 4.90 Å². The van der Waals surface area contributed by atoms with Crippen LogP contribution in [0.1, 0.15) is 11.1 Å². The van der Waals surface area contributed by atoms with E-state index in [9.17, 15) is 4.79 Å². The Morgan fingerprint density at radius 1 is 0.885 bits per heavy atom. The van der Waals surface area contributed by atoms with Crippen molar-refractivity contribution in [2.75, 3.05) is 10.3 Å². The molecule has 0 saturated heterocycles. The summed E-state index contributed by atoms with van der Waals surface area (Å²) in [6, 6.07) is 25.3.